The van der Waals surface area contributed by atoms with Crippen molar-refractivity contribution in [1.29, 1.82) is 10.5 Å². The van der Waals surface area contributed by atoms with E-state index in [1.54, 1.807) is 0 Å². The molecule has 0 amide bonds. The largest absolute Gasteiger partial charge is 0.483 e. The summed E-state index contributed by atoms with van der Waals surface area (Å²) in [6.45, 7) is -3.43. The standard InChI is InChI=1S/C12H6F6N2O2/c13-11(14,15)5-21-9-1-2-10(22-6-12(16,17)18)8(4-20)7(9)3-19/h1-2H,5-6H2. The summed E-state index contributed by atoms with van der Waals surface area (Å²) in [5.74, 6) is -1.15. The molecule has 0 aromatic heterocycles. The average molecular weight is 324 g/mol. The summed E-state index contributed by atoms with van der Waals surface area (Å²) in [5.41, 5.74) is -1.27. The molecule has 0 aliphatic carbocycles. The molecule has 10 heteroatoms. The summed E-state index contributed by atoms with van der Waals surface area (Å²) in [6, 6.07) is 4.49. The van der Waals surface area contributed by atoms with Gasteiger partial charge in [-0.3, -0.25) is 0 Å². The first-order valence-electron chi connectivity index (χ1n) is 5.43. The van der Waals surface area contributed by atoms with E-state index in [0.29, 0.717) is 0 Å². The van der Waals surface area contributed by atoms with Crippen molar-refractivity contribution in [2.24, 2.45) is 0 Å². The Bertz CT molecular complexity index is 570. The minimum absolute atomic E-state index is 0.573. The van der Waals surface area contributed by atoms with Crippen molar-refractivity contribution in [3.8, 4) is 23.6 Å². The lowest BCUT2D eigenvalue weighted by Gasteiger charge is -2.14. The molecule has 1 aromatic rings. The van der Waals surface area contributed by atoms with Gasteiger partial charge in [-0.05, 0) is 12.1 Å². The molecule has 0 spiro atoms. The maximum atomic E-state index is 12.1. The van der Waals surface area contributed by atoms with Gasteiger partial charge in [0.25, 0.3) is 0 Å². The molecule has 0 aliphatic heterocycles. The molecule has 0 heterocycles. The number of hydrogen-bond donors (Lipinski definition) is 0. The van der Waals surface area contributed by atoms with Gasteiger partial charge in [0, 0.05) is 0 Å². The summed E-state index contributed by atoms with van der Waals surface area (Å²) >= 11 is 0. The Morgan fingerprint density at radius 2 is 1.09 bits per heavy atom. The van der Waals surface area contributed by atoms with Crippen LogP contribution in [-0.4, -0.2) is 25.6 Å². The van der Waals surface area contributed by atoms with Crippen molar-refractivity contribution in [3.63, 3.8) is 0 Å². The van der Waals surface area contributed by atoms with Crippen molar-refractivity contribution in [1.82, 2.24) is 0 Å². The third-order valence-corrected chi connectivity index (χ3v) is 2.14. The van der Waals surface area contributed by atoms with Gasteiger partial charge in [0.05, 0.1) is 0 Å². The Morgan fingerprint density at radius 3 is 1.32 bits per heavy atom. The van der Waals surface area contributed by atoms with Crippen LogP contribution >= 0.6 is 0 Å². The molecule has 0 unspecified atom stereocenters. The van der Waals surface area contributed by atoms with Gasteiger partial charge in [-0.2, -0.15) is 36.9 Å². The SMILES string of the molecule is N#Cc1c(OCC(F)(F)F)ccc(OCC(F)(F)F)c1C#N. The molecular weight excluding hydrogens is 318 g/mol. The Labute approximate surface area is 120 Å². The third kappa shape index (κ3) is 5.05. The van der Waals surface area contributed by atoms with Gasteiger partial charge >= 0.3 is 12.4 Å². The highest BCUT2D eigenvalue weighted by molar-refractivity contribution is 5.60. The Morgan fingerprint density at radius 1 is 0.773 bits per heavy atom. The maximum Gasteiger partial charge on any atom is 0.422 e. The van der Waals surface area contributed by atoms with E-state index in [9.17, 15) is 26.3 Å². The molecule has 1 rings (SSSR count). The lowest BCUT2D eigenvalue weighted by Crippen LogP contribution is -2.21. The van der Waals surface area contributed by atoms with Gasteiger partial charge in [-0.1, -0.05) is 0 Å². The molecule has 118 valence electrons. The number of nitrogens with zero attached hydrogens (tertiary/aromatic N) is 2. The van der Waals surface area contributed by atoms with Crippen LogP contribution in [0.15, 0.2) is 12.1 Å². The second-order valence-electron chi connectivity index (χ2n) is 3.84. The first kappa shape index (κ1) is 17.4. The van der Waals surface area contributed by atoms with Gasteiger partial charge in [0.2, 0.25) is 0 Å². The molecular formula is C12H6F6N2O2. The molecule has 22 heavy (non-hydrogen) atoms. The second-order valence-corrected chi connectivity index (χ2v) is 3.84. The van der Waals surface area contributed by atoms with Crippen LogP contribution in [0.5, 0.6) is 11.5 Å². The molecule has 0 saturated carbocycles. The van der Waals surface area contributed by atoms with Crippen molar-refractivity contribution in [2.45, 2.75) is 12.4 Å². The van der Waals surface area contributed by atoms with Crippen molar-refractivity contribution >= 4 is 0 Å². The summed E-state index contributed by atoms with van der Waals surface area (Å²) < 4.78 is 81.1. The van der Waals surface area contributed by atoms with E-state index in [-0.39, 0.29) is 0 Å². The number of alkyl halides is 6. The zero-order valence-electron chi connectivity index (χ0n) is 10.5. The highest BCUT2D eigenvalue weighted by Gasteiger charge is 2.31. The molecule has 0 saturated heterocycles. The van der Waals surface area contributed by atoms with Gasteiger partial charge < -0.3 is 9.47 Å². The van der Waals surface area contributed by atoms with Gasteiger partial charge in [0.15, 0.2) is 13.2 Å². The molecule has 0 bridgehead atoms. The van der Waals surface area contributed by atoms with Crippen LogP contribution < -0.4 is 9.47 Å². The number of halogens is 6. The van der Waals surface area contributed by atoms with Crippen LogP contribution in [0.2, 0.25) is 0 Å². The molecule has 1 aromatic carbocycles. The summed E-state index contributed by atoms with van der Waals surface area (Å²) in [6.07, 6.45) is -9.35. The van der Waals surface area contributed by atoms with Crippen LogP contribution in [0, 0.1) is 22.7 Å². The van der Waals surface area contributed by atoms with Crippen molar-refractivity contribution in [2.75, 3.05) is 13.2 Å². The van der Waals surface area contributed by atoms with E-state index >= 15 is 0 Å². The molecule has 0 N–H and O–H groups in total. The zero-order chi connectivity index (χ0) is 17.0. The number of rotatable bonds is 4. The van der Waals surface area contributed by atoms with Crippen LogP contribution in [0.3, 0.4) is 0 Å². The Balaban J connectivity index is 3.10. The number of benzene rings is 1. The van der Waals surface area contributed by atoms with Crippen LogP contribution in [0.1, 0.15) is 11.1 Å². The molecule has 0 radical (unpaired) electrons. The lowest BCUT2D eigenvalue weighted by atomic mass is 10.1. The molecule has 4 nitrogen and oxygen atoms in total. The third-order valence-electron chi connectivity index (χ3n) is 2.14. The van der Waals surface area contributed by atoms with E-state index in [0.717, 1.165) is 12.1 Å². The number of ether oxygens (including phenoxy) is 2. The predicted octanol–water partition coefficient (Wildman–Crippen LogP) is 3.31. The summed E-state index contributed by atoms with van der Waals surface area (Å²) in [4.78, 5) is 0. The summed E-state index contributed by atoms with van der Waals surface area (Å²) in [5, 5.41) is 17.7. The van der Waals surface area contributed by atoms with E-state index in [1.807, 2.05) is 0 Å². The van der Waals surface area contributed by atoms with Crippen LogP contribution in [-0.2, 0) is 0 Å². The van der Waals surface area contributed by atoms with E-state index in [4.69, 9.17) is 10.5 Å². The van der Waals surface area contributed by atoms with E-state index in [1.165, 1.54) is 12.1 Å². The summed E-state index contributed by atoms with van der Waals surface area (Å²) in [7, 11) is 0. The van der Waals surface area contributed by atoms with Crippen molar-refractivity contribution in [3.05, 3.63) is 23.3 Å². The zero-order valence-corrected chi connectivity index (χ0v) is 10.5. The average Bonchev–Trinajstić information content (AvgIpc) is 2.40. The van der Waals surface area contributed by atoms with Crippen LogP contribution in [0.4, 0.5) is 26.3 Å². The number of hydrogen-bond acceptors (Lipinski definition) is 4. The van der Waals surface area contributed by atoms with Crippen molar-refractivity contribution < 1.29 is 35.8 Å². The normalized spacial score (nSPS) is 11.5. The first-order chi connectivity index (χ1) is 10.1. The fraction of sp³-hybridized carbons (Fsp3) is 0.333. The number of nitriles is 2. The van der Waals surface area contributed by atoms with Gasteiger partial charge in [0.1, 0.15) is 34.8 Å². The van der Waals surface area contributed by atoms with E-state index < -0.39 is 48.2 Å². The topological polar surface area (TPSA) is 66.0 Å². The Kier molecular flexibility index (Phi) is 5.10. The van der Waals surface area contributed by atoms with Crippen LogP contribution in [0.25, 0.3) is 0 Å². The minimum Gasteiger partial charge on any atom is -0.483 e. The Hall–Kier alpha value is -2.62. The first-order valence-corrected chi connectivity index (χ1v) is 5.43. The molecule has 0 fully saturated rings. The molecule has 0 atom stereocenters. The highest BCUT2D eigenvalue weighted by atomic mass is 19.4. The maximum absolute atomic E-state index is 12.1. The quantitative estimate of drug-likeness (QED) is 0.797. The molecule has 0 aliphatic rings. The fourth-order valence-corrected chi connectivity index (χ4v) is 1.35. The highest BCUT2D eigenvalue weighted by Crippen LogP contribution is 2.31. The monoisotopic (exact) mass is 324 g/mol. The van der Waals surface area contributed by atoms with Gasteiger partial charge in [-0.15, -0.1) is 0 Å². The van der Waals surface area contributed by atoms with E-state index in [2.05, 4.69) is 9.47 Å². The predicted molar refractivity (Wildman–Crippen MR) is 59.0 cm³/mol. The fourth-order valence-electron chi connectivity index (χ4n) is 1.35. The lowest BCUT2D eigenvalue weighted by molar-refractivity contribution is -0.154. The smallest absolute Gasteiger partial charge is 0.422 e. The van der Waals surface area contributed by atoms with Gasteiger partial charge in [-0.25, -0.2) is 0 Å². The minimum atomic E-state index is -4.68. The second kappa shape index (κ2) is 6.43.